The molecular formula is C74H106Cl2N10O17S2. The Hall–Kier alpha value is -7.57. The van der Waals surface area contributed by atoms with Gasteiger partial charge in [0, 0.05) is 47.8 Å². The lowest BCUT2D eigenvalue weighted by molar-refractivity contribution is -0.143. The van der Waals surface area contributed by atoms with Crippen molar-refractivity contribution >= 4 is 108 Å². The summed E-state index contributed by atoms with van der Waals surface area (Å²) >= 11 is 0. The van der Waals surface area contributed by atoms with E-state index in [9.17, 15) is 55.5 Å². The van der Waals surface area contributed by atoms with Crippen LogP contribution in [0.25, 0.3) is 21.5 Å². The molecule has 2 aliphatic heterocycles. The normalized spacial score (nSPS) is 25.3. The van der Waals surface area contributed by atoms with Gasteiger partial charge in [-0.3, -0.25) is 38.2 Å². The van der Waals surface area contributed by atoms with Crippen molar-refractivity contribution in [2.75, 3.05) is 27.3 Å². The number of alkyl carbamates (subject to hydrolysis) is 1. The van der Waals surface area contributed by atoms with Crippen molar-refractivity contribution in [1.29, 1.82) is 0 Å². The summed E-state index contributed by atoms with van der Waals surface area (Å²) in [5.74, 6) is -2.87. The number of aromatic nitrogens is 2. The molecule has 2 aromatic heterocycles. The number of benzene rings is 2. The Morgan fingerprint density at radius 2 is 1.03 bits per heavy atom. The van der Waals surface area contributed by atoms with Gasteiger partial charge in [0.05, 0.1) is 49.5 Å². The maximum Gasteiger partial charge on any atom is 0.408 e. The summed E-state index contributed by atoms with van der Waals surface area (Å²) in [7, 11) is -4.58. The molecule has 580 valence electrons. The molecule has 6 aliphatic carbocycles. The molecule has 10 atom stereocenters. The molecule has 0 radical (unpaired) electrons. The second-order valence-corrected chi connectivity index (χ2v) is 35.2. The standard InChI is InChI=1S/C37H49N5O9S.C30H39N5O7S.C6H12O.CH4.2ClH/c1-7-23-20-37(23,33(45)41-52(47,48)26-11-12-26)40-30(43)28-19-25(50-31-27-13-10-24(49-6)18-22(27)14-17-38-31)21-42(28)32(44)29(35(2,3)4)39-34(46)51-36(5)15-8-9-16-36;1-6-18-15-30(18,28(38)34-43(39,40)21-8-9-21)33-25(36)23-14-20(16-35(23)27(37)24(31)29(2,3)4)42-26-22-10-7-19(41-5)13-17(22)11-12-32-26;1-6(7)4-2-3-5-6;;;/h7,10,13-14,17-18,23,25-26,28-29H,1,8-9,11-12,15-16,19-21H2,2-6H3,(H,39,46)(H,40,43)(H,41,45);6-7,10-13,18,20-21,23-24H,1,8-9,14-16,31H2,2-5H3,(H,33,36)(H,34,38);7H,2-5H2,1H3;1H4;2*1H/t23-,25?,28+,29-,37?;18-,20?,23+,24-,30?;;;;/m11..../s1. The number of carbonyl (C=O) groups is 7. The van der Waals surface area contributed by atoms with Gasteiger partial charge in [0.2, 0.25) is 55.4 Å². The van der Waals surface area contributed by atoms with Gasteiger partial charge in [-0.05, 0) is 161 Å². The molecule has 6 saturated carbocycles. The molecule has 2 aromatic carbocycles. The number of fused-ring (bicyclic) bond motifs is 2. The summed E-state index contributed by atoms with van der Waals surface area (Å²) < 4.78 is 83.9. The number of pyridine rings is 2. The van der Waals surface area contributed by atoms with Crippen LogP contribution in [0.3, 0.4) is 0 Å². The van der Waals surface area contributed by atoms with E-state index in [1.54, 1.807) is 59.5 Å². The number of methoxy groups -OCH3 is 2. The highest BCUT2D eigenvalue weighted by atomic mass is 35.5. The average molecular weight is 1540 g/mol. The van der Waals surface area contributed by atoms with Crippen LogP contribution >= 0.6 is 24.8 Å². The third-order valence-electron chi connectivity index (χ3n) is 20.9. The maximum atomic E-state index is 14.6. The molecule has 4 unspecified atom stereocenters. The number of likely N-dealkylation sites (tertiary alicyclic amines) is 2. The molecule has 27 nitrogen and oxygen atoms in total. The van der Waals surface area contributed by atoms with Crippen molar-refractivity contribution in [3.05, 3.63) is 86.2 Å². The highest BCUT2D eigenvalue weighted by Gasteiger charge is 2.64. The topological polar surface area (TPSA) is 373 Å². The zero-order chi connectivity index (χ0) is 74.3. The van der Waals surface area contributed by atoms with Crippen molar-refractivity contribution in [1.82, 2.24) is 45.2 Å². The molecular weight excluding hydrogens is 1440 g/mol. The zero-order valence-corrected chi connectivity index (χ0v) is 64.1. The lowest BCUT2D eigenvalue weighted by atomic mass is 9.85. The molecule has 105 heavy (non-hydrogen) atoms. The van der Waals surface area contributed by atoms with Crippen molar-refractivity contribution in [3.8, 4) is 23.3 Å². The second-order valence-electron chi connectivity index (χ2n) is 31.3. The lowest BCUT2D eigenvalue weighted by Crippen LogP contribution is -2.60. The first-order chi connectivity index (χ1) is 47.9. The Labute approximate surface area is 628 Å². The molecule has 4 aromatic rings. The van der Waals surface area contributed by atoms with Gasteiger partial charge >= 0.3 is 6.09 Å². The molecule has 8 N–H and O–H groups in total. The van der Waals surface area contributed by atoms with E-state index in [0.29, 0.717) is 54.3 Å². The van der Waals surface area contributed by atoms with Gasteiger partial charge < -0.3 is 60.3 Å². The summed E-state index contributed by atoms with van der Waals surface area (Å²) in [5.41, 5.74) is 0.991. The monoisotopic (exact) mass is 1540 g/mol. The first-order valence-electron chi connectivity index (χ1n) is 35.2. The molecule has 0 spiro atoms. The summed E-state index contributed by atoms with van der Waals surface area (Å²) in [6.07, 6.45) is 14.3. The summed E-state index contributed by atoms with van der Waals surface area (Å²) in [5, 5.41) is 19.4. The van der Waals surface area contributed by atoms with Crippen LogP contribution in [0, 0.1) is 22.7 Å². The number of sulfonamides is 2. The molecule has 2 saturated heterocycles. The predicted molar refractivity (Wildman–Crippen MR) is 402 cm³/mol. The second kappa shape index (κ2) is 32.9. The van der Waals surface area contributed by atoms with Crippen molar-refractivity contribution in [2.24, 2.45) is 28.4 Å². The number of carbonyl (C=O) groups excluding carboxylic acids is 7. The van der Waals surface area contributed by atoms with Gasteiger partial charge in [-0.1, -0.05) is 74.0 Å². The van der Waals surface area contributed by atoms with E-state index < -0.39 is 148 Å². The number of halogens is 2. The number of nitrogens with zero attached hydrogens (tertiary/aromatic N) is 4. The quantitative estimate of drug-likeness (QED) is 0.0365. The van der Waals surface area contributed by atoms with E-state index in [1.807, 2.05) is 71.0 Å². The predicted octanol–water partition coefficient (Wildman–Crippen LogP) is 8.16. The van der Waals surface area contributed by atoms with E-state index in [1.165, 1.54) is 34.8 Å². The molecule has 4 heterocycles. The first-order valence-corrected chi connectivity index (χ1v) is 38.3. The Balaban J connectivity index is 0.000000264. The molecule has 7 amide bonds. The fraction of sp³-hybridized carbons (Fsp3) is 0.608. The number of hydrogen-bond acceptors (Lipinski definition) is 20. The largest absolute Gasteiger partial charge is 0.497 e. The van der Waals surface area contributed by atoms with Crippen LogP contribution in [0.1, 0.15) is 166 Å². The van der Waals surface area contributed by atoms with Crippen LogP contribution in [-0.2, 0) is 53.6 Å². The van der Waals surface area contributed by atoms with Crippen molar-refractivity contribution in [3.63, 3.8) is 0 Å². The van der Waals surface area contributed by atoms with Crippen LogP contribution < -0.4 is 50.1 Å². The minimum absolute atomic E-state index is 0. The Morgan fingerprint density at radius 3 is 1.37 bits per heavy atom. The number of aliphatic hydroxyl groups is 1. The van der Waals surface area contributed by atoms with Crippen LogP contribution in [0.5, 0.6) is 23.3 Å². The van der Waals surface area contributed by atoms with Gasteiger partial charge in [0.1, 0.15) is 58.5 Å². The SMILES string of the molecule is C.C=C[C@@H]1CC1(NC(=O)[C@@H]1CC(Oc2nccc3cc(OC)ccc23)CN1C(=O)[C@@H](N)C(C)(C)C)C(=O)NS(=O)(=O)C1CC1.C=C[C@@H]1CC1(NC(=O)[C@@H]1CC(Oc2nccc3cc(OC)ccc23)CN1C(=O)[C@@H](NC(=O)OC1(C)CCCC1)C(C)(C)C)C(=O)NS(=O)(=O)C1CC1.CC1(O)CCCC1.Cl.Cl. The average Bonchev–Trinajstić information content (AvgIpc) is 1.58. The van der Waals surface area contributed by atoms with E-state index in [0.717, 1.165) is 54.7 Å². The Bertz CT molecular complexity index is 4130. The number of rotatable bonds is 22. The van der Waals surface area contributed by atoms with Crippen LogP contribution in [0.2, 0.25) is 0 Å². The zero-order valence-electron chi connectivity index (χ0n) is 60.8. The highest BCUT2D eigenvalue weighted by molar-refractivity contribution is 7.91. The van der Waals surface area contributed by atoms with Crippen LogP contribution in [0.15, 0.2) is 86.2 Å². The third kappa shape index (κ3) is 19.6. The van der Waals surface area contributed by atoms with E-state index in [4.69, 9.17) is 29.4 Å². The van der Waals surface area contributed by atoms with Crippen molar-refractivity contribution < 1.29 is 79.2 Å². The van der Waals surface area contributed by atoms with E-state index in [2.05, 4.69) is 48.5 Å². The summed E-state index contributed by atoms with van der Waals surface area (Å²) in [6, 6.07) is 10.4. The van der Waals surface area contributed by atoms with Gasteiger partial charge in [0.25, 0.3) is 11.8 Å². The Kier molecular flexibility index (Phi) is 26.5. The number of ether oxygens (including phenoxy) is 5. The molecule has 12 rings (SSSR count). The molecule has 31 heteroatoms. The number of nitrogens with one attached hydrogen (secondary N) is 5. The number of amides is 7. The number of hydrogen-bond donors (Lipinski definition) is 7. The summed E-state index contributed by atoms with van der Waals surface area (Å²) in [6.45, 7) is 22.3. The smallest absolute Gasteiger partial charge is 0.408 e. The van der Waals surface area contributed by atoms with Crippen molar-refractivity contribution in [2.45, 2.75) is 235 Å². The van der Waals surface area contributed by atoms with Crippen LogP contribution in [-0.4, -0.2) is 180 Å². The number of nitrogens with two attached hydrogens (primary N) is 1. The Morgan fingerprint density at radius 1 is 0.629 bits per heavy atom. The van der Waals surface area contributed by atoms with E-state index in [-0.39, 0.29) is 76.6 Å². The van der Waals surface area contributed by atoms with Gasteiger partial charge in [-0.25, -0.2) is 31.6 Å². The van der Waals surface area contributed by atoms with E-state index >= 15 is 0 Å². The van der Waals surface area contributed by atoms with Gasteiger partial charge in [0.15, 0.2) is 0 Å². The molecule has 0 bridgehead atoms. The molecule has 8 aliphatic rings. The maximum absolute atomic E-state index is 14.6. The molecule has 8 fully saturated rings. The highest BCUT2D eigenvalue weighted by Crippen LogP contribution is 2.48. The van der Waals surface area contributed by atoms with Gasteiger partial charge in [-0.15, -0.1) is 38.0 Å². The third-order valence-corrected chi connectivity index (χ3v) is 24.5. The first kappa shape index (κ1) is 84.7. The fourth-order valence-corrected chi connectivity index (χ4v) is 16.6. The lowest BCUT2D eigenvalue weighted by Gasteiger charge is -2.36. The fourth-order valence-electron chi connectivity index (χ4n) is 13.9. The van der Waals surface area contributed by atoms with Crippen LogP contribution in [0.4, 0.5) is 4.79 Å². The summed E-state index contributed by atoms with van der Waals surface area (Å²) in [4.78, 5) is 108. The van der Waals surface area contributed by atoms with Gasteiger partial charge in [-0.2, -0.15) is 0 Å². The minimum atomic E-state index is -3.89. The minimum Gasteiger partial charge on any atom is -0.497 e.